The third-order valence-corrected chi connectivity index (χ3v) is 8.41. The summed E-state index contributed by atoms with van der Waals surface area (Å²) in [6, 6.07) is 14.5. The van der Waals surface area contributed by atoms with E-state index in [0.29, 0.717) is 25.9 Å². The highest BCUT2D eigenvalue weighted by Gasteiger charge is 2.32. The fourth-order valence-electron chi connectivity index (χ4n) is 3.52. The van der Waals surface area contributed by atoms with Crippen LogP contribution in [-0.4, -0.2) is 46.4 Å². The lowest BCUT2D eigenvalue weighted by atomic mass is 9.96. The fraction of sp³-hybridized carbons (Fsp3) is 0.381. The zero-order valence-corrected chi connectivity index (χ0v) is 18.6. The Morgan fingerprint density at radius 2 is 1.50 bits per heavy atom. The predicted octanol–water partition coefficient (Wildman–Crippen LogP) is 2.37. The SMILES string of the molecule is CC(NC(=O)C1CCN(S(=O)(=O)c2ccccc2)CC1)c1ccc(S(C)(=O)=O)cc1. The van der Waals surface area contributed by atoms with Crippen LogP contribution in [0.1, 0.15) is 31.4 Å². The largest absolute Gasteiger partial charge is 0.349 e. The van der Waals surface area contributed by atoms with E-state index in [4.69, 9.17) is 0 Å². The Balaban J connectivity index is 1.58. The van der Waals surface area contributed by atoms with Crippen molar-refractivity contribution in [2.45, 2.75) is 35.6 Å². The summed E-state index contributed by atoms with van der Waals surface area (Å²) in [5.74, 6) is -0.378. The molecular weight excluding hydrogens is 424 g/mol. The van der Waals surface area contributed by atoms with Crippen LogP contribution in [0.25, 0.3) is 0 Å². The van der Waals surface area contributed by atoms with Gasteiger partial charge >= 0.3 is 0 Å². The number of hydrogen-bond acceptors (Lipinski definition) is 5. The van der Waals surface area contributed by atoms with Crippen molar-refractivity contribution in [3.8, 4) is 0 Å². The second-order valence-corrected chi connectivity index (χ2v) is 11.5. The van der Waals surface area contributed by atoms with Crippen LogP contribution in [0.3, 0.4) is 0 Å². The normalized spacial score (nSPS) is 17.4. The Hall–Kier alpha value is -2.23. The summed E-state index contributed by atoms with van der Waals surface area (Å²) in [6.45, 7) is 2.43. The third-order valence-electron chi connectivity index (χ3n) is 5.37. The van der Waals surface area contributed by atoms with Gasteiger partial charge in [-0.05, 0) is 49.6 Å². The molecule has 3 rings (SSSR count). The number of nitrogens with zero attached hydrogens (tertiary/aromatic N) is 1. The number of sulfonamides is 1. The molecule has 30 heavy (non-hydrogen) atoms. The summed E-state index contributed by atoms with van der Waals surface area (Å²) in [7, 11) is -6.80. The highest BCUT2D eigenvalue weighted by molar-refractivity contribution is 7.90. The monoisotopic (exact) mass is 450 g/mol. The van der Waals surface area contributed by atoms with E-state index < -0.39 is 19.9 Å². The lowest BCUT2D eigenvalue weighted by molar-refractivity contribution is -0.126. The molecule has 9 heteroatoms. The molecule has 7 nitrogen and oxygen atoms in total. The van der Waals surface area contributed by atoms with Gasteiger partial charge in [0.15, 0.2) is 9.84 Å². The molecule has 1 amide bonds. The molecule has 0 aromatic heterocycles. The third kappa shape index (κ3) is 5.08. The molecule has 1 fully saturated rings. The van der Waals surface area contributed by atoms with E-state index in [1.165, 1.54) is 16.4 Å². The van der Waals surface area contributed by atoms with Crippen LogP contribution in [0.4, 0.5) is 0 Å². The summed E-state index contributed by atoms with van der Waals surface area (Å²) in [6.07, 6.45) is 2.06. The minimum Gasteiger partial charge on any atom is -0.349 e. The van der Waals surface area contributed by atoms with E-state index in [1.807, 2.05) is 6.92 Å². The molecule has 0 spiro atoms. The maximum atomic E-state index is 12.7. The first-order chi connectivity index (χ1) is 14.1. The van der Waals surface area contributed by atoms with E-state index in [2.05, 4.69) is 5.32 Å². The first-order valence-electron chi connectivity index (χ1n) is 9.74. The van der Waals surface area contributed by atoms with Crippen molar-refractivity contribution in [1.29, 1.82) is 0 Å². The molecule has 1 aliphatic rings. The Bertz CT molecular complexity index is 1090. The number of carbonyl (C=O) groups is 1. The number of piperidine rings is 1. The summed E-state index contributed by atoms with van der Waals surface area (Å²) in [5, 5.41) is 2.95. The van der Waals surface area contributed by atoms with E-state index in [0.717, 1.165) is 11.8 Å². The van der Waals surface area contributed by atoms with E-state index in [1.54, 1.807) is 42.5 Å². The number of amides is 1. The Morgan fingerprint density at radius 3 is 2.03 bits per heavy atom. The molecule has 2 aromatic rings. The van der Waals surface area contributed by atoms with Crippen LogP contribution >= 0.6 is 0 Å². The molecule has 1 saturated heterocycles. The van der Waals surface area contributed by atoms with Crippen molar-refractivity contribution in [2.75, 3.05) is 19.3 Å². The molecule has 1 unspecified atom stereocenters. The van der Waals surface area contributed by atoms with Crippen molar-refractivity contribution in [2.24, 2.45) is 5.92 Å². The van der Waals surface area contributed by atoms with Gasteiger partial charge in [0.2, 0.25) is 15.9 Å². The smallest absolute Gasteiger partial charge is 0.243 e. The first-order valence-corrected chi connectivity index (χ1v) is 13.1. The van der Waals surface area contributed by atoms with Crippen LogP contribution in [0, 0.1) is 5.92 Å². The van der Waals surface area contributed by atoms with Crippen molar-refractivity contribution in [3.05, 3.63) is 60.2 Å². The second-order valence-electron chi connectivity index (χ2n) is 7.56. The zero-order valence-electron chi connectivity index (χ0n) is 17.0. The molecule has 1 N–H and O–H groups in total. The van der Waals surface area contributed by atoms with Crippen molar-refractivity contribution in [3.63, 3.8) is 0 Å². The van der Waals surface area contributed by atoms with Crippen LogP contribution in [-0.2, 0) is 24.7 Å². The fourth-order valence-corrected chi connectivity index (χ4v) is 5.64. The van der Waals surface area contributed by atoms with Gasteiger partial charge in [0, 0.05) is 25.3 Å². The highest BCUT2D eigenvalue weighted by Crippen LogP contribution is 2.25. The average molecular weight is 451 g/mol. The van der Waals surface area contributed by atoms with Crippen molar-refractivity contribution < 1.29 is 21.6 Å². The molecular formula is C21H26N2O5S2. The predicted molar refractivity (Wildman–Crippen MR) is 114 cm³/mol. The first kappa shape index (κ1) is 22.5. The number of benzene rings is 2. The van der Waals surface area contributed by atoms with Gasteiger partial charge in [0.05, 0.1) is 15.8 Å². The minimum atomic E-state index is -3.54. The number of sulfone groups is 1. The van der Waals surface area contributed by atoms with Gasteiger partial charge in [-0.25, -0.2) is 16.8 Å². The topological polar surface area (TPSA) is 101 Å². The second kappa shape index (κ2) is 8.87. The van der Waals surface area contributed by atoms with Gasteiger partial charge in [-0.15, -0.1) is 0 Å². The van der Waals surface area contributed by atoms with E-state index in [-0.39, 0.29) is 27.7 Å². The van der Waals surface area contributed by atoms with Crippen LogP contribution in [0.5, 0.6) is 0 Å². The molecule has 2 aromatic carbocycles. The number of carbonyl (C=O) groups excluding carboxylic acids is 1. The van der Waals surface area contributed by atoms with Gasteiger partial charge in [-0.3, -0.25) is 4.79 Å². The molecule has 0 bridgehead atoms. The number of hydrogen-bond donors (Lipinski definition) is 1. The molecule has 0 saturated carbocycles. The van der Waals surface area contributed by atoms with Gasteiger partial charge in [-0.1, -0.05) is 30.3 Å². The molecule has 162 valence electrons. The van der Waals surface area contributed by atoms with Crippen LogP contribution < -0.4 is 5.32 Å². The Kier molecular flexibility index (Phi) is 6.64. The summed E-state index contributed by atoms with van der Waals surface area (Å²) in [5.41, 5.74) is 0.805. The van der Waals surface area contributed by atoms with Gasteiger partial charge < -0.3 is 5.32 Å². The van der Waals surface area contributed by atoms with Crippen LogP contribution in [0.2, 0.25) is 0 Å². The number of rotatable bonds is 6. The summed E-state index contributed by atoms with van der Waals surface area (Å²) >= 11 is 0. The standard InChI is InChI=1S/C21H26N2O5S2/c1-16(17-8-10-19(11-9-17)29(2,25)26)22-21(24)18-12-14-23(15-13-18)30(27,28)20-6-4-3-5-7-20/h3-11,16,18H,12-15H2,1-2H3,(H,22,24). The maximum Gasteiger partial charge on any atom is 0.243 e. The molecule has 1 heterocycles. The van der Waals surface area contributed by atoms with E-state index in [9.17, 15) is 21.6 Å². The Morgan fingerprint density at radius 1 is 0.933 bits per heavy atom. The highest BCUT2D eigenvalue weighted by atomic mass is 32.2. The van der Waals surface area contributed by atoms with Gasteiger partial charge in [0.1, 0.15) is 0 Å². The van der Waals surface area contributed by atoms with Crippen LogP contribution in [0.15, 0.2) is 64.4 Å². The molecule has 1 atom stereocenters. The lowest BCUT2D eigenvalue weighted by Crippen LogP contribution is -2.43. The van der Waals surface area contributed by atoms with Crippen molar-refractivity contribution >= 4 is 25.8 Å². The number of nitrogens with one attached hydrogen (secondary N) is 1. The van der Waals surface area contributed by atoms with Crippen molar-refractivity contribution in [1.82, 2.24) is 9.62 Å². The van der Waals surface area contributed by atoms with E-state index >= 15 is 0 Å². The summed E-state index contributed by atoms with van der Waals surface area (Å²) < 4.78 is 50.0. The average Bonchev–Trinajstić information content (AvgIpc) is 2.74. The molecule has 1 aliphatic heterocycles. The zero-order chi connectivity index (χ0) is 21.9. The minimum absolute atomic E-state index is 0.119. The lowest BCUT2D eigenvalue weighted by Gasteiger charge is -2.31. The molecule has 0 radical (unpaired) electrons. The maximum absolute atomic E-state index is 12.7. The van der Waals surface area contributed by atoms with Gasteiger partial charge in [0.25, 0.3) is 0 Å². The molecule has 0 aliphatic carbocycles. The Labute approximate surface area is 178 Å². The quantitative estimate of drug-likeness (QED) is 0.728. The van der Waals surface area contributed by atoms with Gasteiger partial charge in [-0.2, -0.15) is 4.31 Å². The summed E-state index contributed by atoms with van der Waals surface area (Å²) in [4.78, 5) is 13.2.